The van der Waals surface area contributed by atoms with Crippen LogP contribution in [0.15, 0.2) is 77.7 Å². The second-order valence-electron chi connectivity index (χ2n) is 7.04. The van der Waals surface area contributed by atoms with Gasteiger partial charge in [-0.25, -0.2) is 0 Å². The molecule has 1 amide bonds. The van der Waals surface area contributed by atoms with Crippen molar-refractivity contribution in [2.75, 3.05) is 12.0 Å². The maximum absolute atomic E-state index is 12.9. The van der Waals surface area contributed by atoms with Crippen LogP contribution in [0.4, 0.5) is 5.69 Å². The third kappa shape index (κ3) is 4.81. The Balaban J connectivity index is 1.52. The molecule has 0 unspecified atom stereocenters. The second kappa shape index (κ2) is 9.37. The van der Waals surface area contributed by atoms with Crippen molar-refractivity contribution in [1.82, 2.24) is 0 Å². The molecule has 0 bridgehead atoms. The summed E-state index contributed by atoms with van der Waals surface area (Å²) < 4.78 is 12.0. The molecule has 0 saturated carbocycles. The molecule has 31 heavy (non-hydrogen) atoms. The number of nitrogens with zero attached hydrogens (tertiary/aromatic N) is 1. The van der Waals surface area contributed by atoms with Gasteiger partial charge < -0.3 is 9.47 Å². The highest BCUT2D eigenvalue weighted by atomic mass is 32.2. The Morgan fingerprint density at radius 1 is 1.00 bits per heavy atom. The molecule has 1 saturated heterocycles. The summed E-state index contributed by atoms with van der Waals surface area (Å²) in [5, 5.41) is 0. The SMILES string of the molecule is COc1cc(C=C2SC(=S)N(c3ccccc3)C2=O)ccc1OCc1ccc(C)cc1. The lowest BCUT2D eigenvalue weighted by atomic mass is 10.1. The molecule has 1 aliphatic heterocycles. The lowest BCUT2D eigenvalue weighted by Gasteiger charge is -2.14. The molecule has 3 aromatic carbocycles. The monoisotopic (exact) mass is 447 g/mol. The zero-order chi connectivity index (χ0) is 21.8. The number of thiocarbonyl (C=S) groups is 1. The van der Waals surface area contributed by atoms with E-state index in [-0.39, 0.29) is 5.91 Å². The Bertz CT molecular complexity index is 1140. The summed E-state index contributed by atoms with van der Waals surface area (Å²) in [4.78, 5) is 15.0. The van der Waals surface area contributed by atoms with Crippen LogP contribution in [0.5, 0.6) is 11.5 Å². The van der Waals surface area contributed by atoms with E-state index < -0.39 is 0 Å². The molecule has 0 aliphatic carbocycles. The van der Waals surface area contributed by atoms with Gasteiger partial charge in [0.2, 0.25) is 0 Å². The van der Waals surface area contributed by atoms with Gasteiger partial charge in [-0.2, -0.15) is 0 Å². The molecule has 4 rings (SSSR count). The molecule has 1 heterocycles. The van der Waals surface area contributed by atoms with Crippen molar-refractivity contribution in [3.8, 4) is 11.5 Å². The number of anilines is 1. The van der Waals surface area contributed by atoms with E-state index in [1.165, 1.54) is 17.3 Å². The standard InChI is InChI=1S/C25H21NO3S2/c1-17-8-10-18(11-9-17)16-29-21-13-12-19(14-22(21)28-2)15-23-24(27)26(25(30)31-23)20-6-4-3-5-7-20/h3-15H,16H2,1-2H3. The van der Waals surface area contributed by atoms with Gasteiger partial charge in [0.15, 0.2) is 15.8 Å². The molecule has 0 spiro atoms. The van der Waals surface area contributed by atoms with Gasteiger partial charge in [0.05, 0.1) is 17.7 Å². The lowest BCUT2D eigenvalue weighted by molar-refractivity contribution is -0.113. The van der Waals surface area contributed by atoms with Gasteiger partial charge >= 0.3 is 0 Å². The number of hydrogen-bond donors (Lipinski definition) is 0. The maximum Gasteiger partial charge on any atom is 0.270 e. The minimum atomic E-state index is -0.125. The smallest absolute Gasteiger partial charge is 0.270 e. The Labute approximate surface area is 191 Å². The molecule has 156 valence electrons. The van der Waals surface area contributed by atoms with Gasteiger partial charge in [0.1, 0.15) is 6.61 Å². The number of rotatable bonds is 6. The Kier molecular flexibility index (Phi) is 6.39. The highest BCUT2D eigenvalue weighted by molar-refractivity contribution is 8.27. The van der Waals surface area contributed by atoms with E-state index in [9.17, 15) is 4.79 Å². The average molecular weight is 448 g/mol. The first kappa shape index (κ1) is 21.2. The first-order chi connectivity index (χ1) is 15.0. The van der Waals surface area contributed by atoms with Gasteiger partial charge in [0.25, 0.3) is 5.91 Å². The van der Waals surface area contributed by atoms with Crippen molar-refractivity contribution >= 4 is 46.0 Å². The number of methoxy groups -OCH3 is 1. The van der Waals surface area contributed by atoms with Crippen LogP contribution >= 0.6 is 24.0 Å². The van der Waals surface area contributed by atoms with Crippen LogP contribution in [0.1, 0.15) is 16.7 Å². The molecule has 0 N–H and O–H groups in total. The van der Waals surface area contributed by atoms with Crippen molar-refractivity contribution in [1.29, 1.82) is 0 Å². The second-order valence-corrected chi connectivity index (χ2v) is 8.71. The summed E-state index contributed by atoms with van der Waals surface area (Å²) in [6.45, 7) is 2.51. The predicted octanol–water partition coefficient (Wildman–Crippen LogP) is 5.99. The van der Waals surface area contributed by atoms with Crippen molar-refractivity contribution in [3.05, 3.63) is 94.4 Å². The number of carbonyl (C=O) groups excluding carboxylic acids is 1. The van der Waals surface area contributed by atoms with Crippen LogP contribution in [-0.4, -0.2) is 17.3 Å². The van der Waals surface area contributed by atoms with Crippen molar-refractivity contribution < 1.29 is 14.3 Å². The molecule has 1 fully saturated rings. The number of thioether (sulfide) groups is 1. The molecule has 4 nitrogen and oxygen atoms in total. The van der Waals surface area contributed by atoms with E-state index in [4.69, 9.17) is 21.7 Å². The lowest BCUT2D eigenvalue weighted by Crippen LogP contribution is -2.27. The molecule has 0 atom stereocenters. The van der Waals surface area contributed by atoms with Crippen LogP contribution in [-0.2, 0) is 11.4 Å². The largest absolute Gasteiger partial charge is 0.493 e. The quantitative estimate of drug-likeness (QED) is 0.343. The molecule has 6 heteroatoms. The minimum Gasteiger partial charge on any atom is -0.493 e. The summed E-state index contributed by atoms with van der Waals surface area (Å²) in [6.07, 6.45) is 1.83. The van der Waals surface area contributed by atoms with Crippen LogP contribution in [0.2, 0.25) is 0 Å². The van der Waals surface area contributed by atoms with E-state index in [2.05, 4.69) is 19.1 Å². The van der Waals surface area contributed by atoms with Gasteiger partial charge in [-0.15, -0.1) is 0 Å². The predicted molar refractivity (Wildman–Crippen MR) is 131 cm³/mol. The van der Waals surface area contributed by atoms with Gasteiger partial charge in [-0.1, -0.05) is 78.1 Å². The summed E-state index contributed by atoms with van der Waals surface area (Å²) >= 11 is 6.73. The number of carbonyl (C=O) groups is 1. The summed E-state index contributed by atoms with van der Waals surface area (Å²) in [6, 6.07) is 23.3. The molecule has 1 aliphatic rings. The number of benzene rings is 3. The summed E-state index contributed by atoms with van der Waals surface area (Å²) in [7, 11) is 1.60. The Hall–Kier alpha value is -3.09. The Morgan fingerprint density at radius 3 is 2.45 bits per heavy atom. The normalized spacial score (nSPS) is 14.9. The zero-order valence-corrected chi connectivity index (χ0v) is 18.8. The van der Waals surface area contributed by atoms with E-state index in [0.29, 0.717) is 27.3 Å². The number of para-hydroxylation sites is 1. The number of aryl methyl sites for hydroxylation is 1. The molecule has 0 radical (unpaired) electrons. The van der Waals surface area contributed by atoms with Crippen LogP contribution in [0, 0.1) is 6.92 Å². The van der Waals surface area contributed by atoms with E-state index in [0.717, 1.165) is 16.8 Å². The highest BCUT2D eigenvalue weighted by Crippen LogP contribution is 2.37. The minimum absolute atomic E-state index is 0.125. The third-order valence-electron chi connectivity index (χ3n) is 4.81. The Morgan fingerprint density at radius 2 is 1.74 bits per heavy atom. The zero-order valence-electron chi connectivity index (χ0n) is 17.2. The maximum atomic E-state index is 12.9. The third-order valence-corrected chi connectivity index (χ3v) is 6.11. The fourth-order valence-corrected chi connectivity index (χ4v) is 4.46. The average Bonchev–Trinajstić information content (AvgIpc) is 3.07. The van der Waals surface area contributed by atoms with Crippen molar-refractivity contribution in [2.24, 2.45) is 0 Å². The molecule has 3 aromatic rings. The van der Waals surface area contributed by atoms with Crippen LogP contribution < -0.4 is 14.4 Å². The topological polar surface area (TPSA) is 38.8 Å². The first-order valence-electron chi connectivity index (χ1n) is 9.74. The number of amides is 1. The van der Waals surface area contributed by atoms with E-state index in [1.807, 2.05) is 66.7 Å². The van der Waals surface area contributed by atoms with Crippen molar-refractivity contribution in [3.63, 3.8) is 0 Å². The van der Waals surface area contributed by atoms with Gasteiger partial charge in [-0.05, 0) is 48.4 Å². The molecular weight excluding hydrogens is 426 g/mol. The fraction of sp³-hybridized carbons (Fsp3) is 0.120. The fourth-order valence-electron chi connectivity index (χ4n) is 3.16. The molecular formula is C25H21NO3S2. The summed E-state index contributed by atoms with van der Waals surface area (Å²) in [5.74, 6) is 1.14. The van der Waals surface area contributed by atoms with Crippen LogP contribution in [0.3, 0.4) is 0 Å². The van der Waals surface area contributed by atoms with E-state index >= 15 is 0 Å². The van der Waals surface area contributed by atoms with Gasteiger partial charge in [-0.3, -0.25) is 9.69 Å². The van der Waals surface area contributed by atoms with E-state index in [1.54, 1.807) is 12.0 Å². The van der Waals surface area contributed by atoms with Crippen LogP contribution in [0.25, 0.3) is 6.08 Å². The summed E-state index contributed by atoms with van der Waals surface area (Å²) in [5.41, 5.74) is 3.91. The molecule has 0 aromatic heterocycles. The number of hydrogen-bond acceptors (Lipinski definition) is 5. The van der Waals surface area contributed by atoms with Crippen molar-refractivity contribution in [2.45, 2.75) is 13.5 Å². The first-order valence-corrected chi connectivity index (χ1v) is 11.0. The van der Waals surface area contributed by atoms with Gasteiger partial charge in [0, 0.05) is 0 Å². The highest BCUT2D eigenvalue weighted by Gasteiger charge is 2.33. The number of ether oxygens (including phenoxy) is 2.